The first-order valence-corrected chi connectivity index (χ1v) is 7.38. The largest absolute Gasteiger partial charge is 0.354 e. The van der Waals surface area contributed by atoms with Crippen molar-refractivity contribution in [1.29, 1.82) is 0 Å². The normalized spacial score (nSPS) is 17.6. The number of likely N-dealkylation sites (tertiary alicyclic amines) is 1. The van der Waals surface area contributed by atoms with Crippen molar-refractivity contribution < 1.29 is 0 Å². The van der Waals surface area contributed by atoms with E-state index < -0.39 is 0 Å². The third kappa shape index (κ3) is 4.46. The van der Waals surface area contributed by atoms with Crippen LogP contribution in [0.15, 0.2) is 6.20 Å². The predicted molar refractivity (Wildman–Crippen MR) is 79.5 cm³/mol. The smallest absolute Gasteiger partial charge is 0.222 e. The van der Waals surface area contributed by atoms with Crippen LogP contribution in [0.25, 0.3) is 0 Å². The number of piperidine rings is 1. The lowest BCUT2D eigenvalue weighted by atomic mass is 9.92. The van der Waals surface area contributed by atoms with E-state index in [0.717, 1.165) is 29.7 Å². The standard InChI is InChI=1S/C15H26N4/c1-12-11-17-15(18-13(12)2)16-8-4-5-14-6-9-19(3)10-7-14/h11,14H,4-10H2,1-3H3,(H,16,17,18). The van der Waals surface area contributed by atoms with Crippen molar-refractivity contribution in [2.24, 2.45) is 5.92 Å². The van der Waals surface area contributed by atoms with Gasteiger partial charge in [-0.15, -0.1) is 0 Å². The molecule has 2 heterocycles. The summed E-state index contributed by atoms with van der Waals surface area (Å²) in [6, 6.07) is 0. The minimum Gasteiger partial charge on any atom is -0.354 e. The highest BCUT2D eigenvalue weighted by Crippen LogP contribution is 2.20. The Morgan fingerprint density at radius 2 is 2.05 bits per heavy atom. The lowest BCUT2D eigenvalue weighted by Gasteiger charge is -2.28. The molecule has 4 heteroatoms. The molecule has 2 rings (SSSR count). The highest BCUT2D eigenvalue weighted by molar-refractivity contribution is 5.28. The summed E-state index contributed by atoms with van der Waals surface area (Å²) in [5.74, 6) is 1.69. The van der Waals surface area contributed by atoms with Gasteiger partial charge in [-0.1, -0.05) is 0 Å². The zero-order valence-corrected chi connectivity index (χ0v) is 12.4. The molecule has 0 aromatic carbocycles. The SMILES string of the molecule is Cc1cnc(NCCCC2CCN(C)CC2)nc1C. The maximum Gasteiger partial charge on any atom is 0.222 e. The maximum atomic E-state index is 4.44. The van der Waals surface area contributed by atoms with Crippen molar-refractivity contribution >= 4 is 5.95 Å². The maximum absolute atomic E-state index is 4.44. The number of hydrogen-bond acceptors (Lipinski definition) is 4. The summed E-state index contributed by atoms with van der Waals surface area (Å²) in [5.41, 5.74) is 2.21. The number of rotatable bonds is 5. The third-order valence-corrected chi connectivity index (χ3v) is 4.14. The van der Waals surface area contributed by atoms with Crippen LogP contribution in [0, 0.1) is 19.8 Å². The zero-order valence-electron chi connectivity index (χ0n) is 12.4. The van der Waals surface area contributed by atoms with Gasteiger partial charge in [0.25, 0.3) is 0 Å². The van der Waals surface area contributed by atoms with Crippen LogP contribution < -0.4 is 5.32 Å². The first kappa shape index (κ1) is 14.3. The number of nitrogens with zero attached hydrogens (tertiary/aromatic N) is 3. The van der Waals surface area contributed by atoms with Gasteiger partial charge >= 0.3 is 0 Å². The minimum absolute atomic E-state index is 0.770. The molecule has 1 N–H and O–H groups in total. The van der Waals surface area contributed by atoms with Crippen LogP contribution in [0.3, 0.4) is 0 Å². The van der Waals surface area contributed by atoms with Crippen molar-refractivity contribution in [2.45, 2.75) is 39.5 Å². The first-order chi connectivity index (χ1) is 9.15. The van der Waals surface area contributed by atoms with Crippen molar-refractivity contribution in [2.75, 3.05) is 32.0 Å². The van der Waals surface area contributed by atoms with Crippen LogP contribution in [0.2, 0.25) is 0 Å². The van der Waals surface area contributed by atoms with Gasteiger partial charge in [-0.05, 0) is 71.1 Å². The van der Waals surface area contributed by atoms with Gasteiger partial charge in [0, 0.05) is 18.4 Å². The van der Waals surface area contributed by atoms with Gasteiger partial charge < -0.3 is 10.2 Å². The summed E-state index contributed by atoms with van der Waals surface area (Å²) in [7, 11) is 2.22. The molecule has 1 aromatic heterocycles. The quantitative estimate of drug-likeness (QED) is 0.828. The van der Waals surface area contributed by atoms with E-state index in [1.807, 2.05) is 20.0 Å². The van der Waals surface area contributed by atoms with Gasteiger partial charge in [0.2, 0.25) is 5.95 Å². The van der Waals surface area contributed by atoms with Crippen molar-refractivity contribution in [3.05, 3.63) is 17.5 Å². The molecule has 1 fully saturated rings. The van der Waals surface area contributed by atoms with Crippen molar-refractivity contribution in [1.82, 2.24) is 14.9 Å². The lowest BCUT2D eigenvalue weighted by molar-refractivity contribution is 0.211. The molecule has 1 saturated heterocycles. The van der Waals surface area contributed by atoms with Gasteiger partial charge in [-0.2, -0.15) is 0 Å². The molecular formula is C15H26N4. The van der Waals surface area contributed by atoms with E-state index in [0.29, 0.717) is 0 Å². The molecule has 0 aliphatic carbocycles. The molecule has 0 saturated carbocycles. The fourth-order valence-electron chi connectivity index (χ4n) is 2.55. The van der Waals surface area contributed by atoms with Crippen molar-refractivity contribution in [3.63, 3.8) is 0 Å². The second-order valence-corrected chi connectivity index (χ2v) is 5.78. The molecule has 106 valence electrons. The summed E-state index contributed by atoms with van der Waals surface area (Å²) in [6.45, 7) is 7.57. The van der Waals surface area contributed by atoms with Crippen molar-refractivity contribution in [3.8, 4) is 0 Å². The first-order valence-electron chi connectivity index (χ1n) is 7.38. The second kappa shape index (κ2) is 6.85. The van der Waals surface area contributed by atoms with Gasteiger partial charge in [0.15, 0.2) is 0 Å². The van der Waals surface area contributed by atoms with Gasteiger partial charge in [-0.3, -0.25) is 0 Å². The molecule has 19 heavy (non-hydrogen) atoms. The van der Waals surface area contributed by atoms with Crippen LogP contribution >= 0.6 is 0 Å². The zero-order chi connectivity index (χ0) is 13.7. The van der Waals surface area contributed by atoms with Gasteiger partial charge in [0.1, 0.15) is 0 Å². The Bertz CT molecular complexity index is 397. The summed E-state index contributed by atoms with van der Waals surface area (Å²) in [6.07, 6.45) is 7.14. The van der Waals surface area contributed by atoms with E-state index in [1.165, 1.54) is 38.8 Å². The van der Waals surface area contributed by atoms with E-state index in [1.54, 1.807) is 0 Å². The minimum atomic E-state index is 0.770. The Balaban J connectivity index is 1.65. The van der Waals surface area contributed by atoms with Crippen LogP contribution in [0.4, 0.5) is 5.95 Å². The Morgan fingerprint density at radius 3 is 2.74 bits per heavy atom. The molecule has 1 aromatic rings. The van der Waals surface area contributed by atoms with Gasteiger partial charge in [0.05, 0.1) is 0 Å². The Labute approximate surface area is 116 Å². The number of aryl methyl sites for hydroxylation is 2. The summed E-state index contributed by atoms with van der Waals surface area (Å²) >= 11 is 0. The van der Waals surface area contributed by atoms with Crippen LogP contribution in [-0.2, 0) is 0 Å². The highest BCUT2D eigenvalue weighted by atomic mass is 15.1. The topological polar surface area (TPSA) is 41.1 Å². The molecule has 0 unspecified atom stereocenters. The van der Waals surface area contributed by atoms with E-state index >= 15 is 0 Å². The number of nitrogens with one attached hydrogen (secondary N) is 1. The summed E-state index contributed by atoms with van der Waals surface area (Å²) < 4.78 is 0. The summed E-state index contributed by atoms with van der Waals surface area (Å²) in [4.78, 5) is 11.2. The molecule has 1 aliphatic rings. The van der Waals surface area contributed by atoms with Crippen LogP contribution in [-0.4, -0.2) is 41.5 Å². The van der Waals surface area contributed by atoms with Crippen LogP contribution in [0.1, 0.15) is 36.9 Å². The molecule has 0 radical (unpaired) electrons. The average molecular weight is 262 g/mol. The number of hydrogen-bond donors (Lipinski definition) is 1. The van der Waals surface area contributed by atoms with E-state index in [2.05, 4.69) is 27.2 Å². The molecule has 0 spiro atoms. The molecular weight excluding hydrogens is 236 g/mol. The highest BCUT2D eigenvalue weighted by Gasteiger charge is 2.15. The molecule has 0 atom stereocenters. The predicted octanol–water partition coefficient (Wildman–Crippen LogP) is 2.63. The Hall–Kier alpha value is -1.16. The fraction of sp³-hybridized carbons (Fsp3) is 0.733. The lowest BCUT2D eigenvalue weighted by Crippen LogP contribution is -2.30. The Kier molecular flexibility index (Phi) is 5.14. The molecule has 0 bridgehead atoms. The molecule has 4 nitrogen and oxygen atoms in total. The molecule has 1 aliphatic heterocycles. The van der Waals surface area contributed by atoms with E-state index in [9.17, 15) is 0 Å². The average Bonchev–Trinajstić information content (AvgIpc) is 2.41. The monoisotopic (exact) mass is 262 g/mol. The molecule has 0 amide bonds. The van der Waals surface area contributed by atoms with E-state index in [-0.39, 0.29) is 0 Å². The fourth-order valence-corrected chi connectivity index (χ4v) is 2.55. The third-order valence-electron chi connectivity index (χ3n) is 4.14. The van der Waals surface area contributed by atoms with E-state index in [4.69, 9.17) is 0 Å². The number of anilines is 1. The number of aromatic nitrogens is 2. The summed E-state index contributed by atoms with van der Waals surface area (Å²) in [5, 5.41) is 3.33. The van der Waals surface area contributed by atoms with Gasteiger partial charge in [-0.25, -0.2) is 9.97 Å². The van der Waals surface area contributed by atoms with Crippen LogP contribution in [0.5, 0.6) is 0 Å². The Morgan fingerprint density at radius 1 is 1.32 bits per heavy atom. The second-order valence-electron chi connectivity index (χ2n) is 5.78.